The Morgan fingerprint density at radius 3 is 2.28 bits per heavy atom. The van der Waals surface area contributed by atoms with Crippen molar-refractivity contribution < 1.29 is 19.4 Å². The smallest absolute Gasteiger partial charge is 0.320 e. The molecule has 0 aliphatic heterocycles. The van der Waals surface area contributed by atoms with Gasteiger partial charge in [0.15, 0.2) is 0 Å². The number of aromatic hydroxyl groups is 1. The summed E-state index contributed by atoms with van der Waals surface area (Å²) >= 11 is 0. The SMILES string of the molecule is NC(Cc1ccccc1)C(=O)O.Oc1ccco1. The van der Waals surface area contributed by atoms with Gasteiger partial charge < -0.3 is 20.4 Å². The number of hydrogen-bond acceptors (Lipinski definition) is 4. The summed E-state index contributed by atoms with van der Waals surface area (Å²) in [6.07, 6.45) is 1.80. The summed E-state index contributed by atoms with van der Waals surface area (Å²) < 4.78 is 4.39. The maximum Gasteiger partial charge on any atom is 0.320 e. The van der Waals surface area contributed by atoms with Crippen molar-refractivity contribution in [1.29, 1.82) is 0 Å². The van der Waals surface area contributed by atoms with E-state index in [9.17, 15) is 4.79 Å². The van der Waals surface area contributed by atoms with E-state index in [1.165, 1.54) is 12.3 Å². The van der Waals surface area contributed by atoms with Gasteiger partial charge in [-0.25, -0.2) is 0 Å². The van der Waals surface area contributed by atoms with Gasteiger partial charge in [0.2, 0.25) is 0 Å². The fourth-order valence-corrected chi connectivity index (χ4v) is 1.23. The monoisotopic (exact) mass is 249 g/mol. The molecule has 5 heteroatoms. The van der Waals surface area contributed by atoms with Crippen molar-refractivity contribution >= 4 is 5.97 Å². The molecule has 1 atom stereocenters. The number of carboxylic acids is 1. The Bertz CT molecular complexity index is 453. The first kappa shape index (κ1) is 13.8. The highest BCUT2D eigenvalue weighted by molar-refractivity contribution is 5.73. The van der Waals surface area contributed by atoms with Gasteiger partial charge in [0.25, 0.3) is 5.95 Å². The molecule has 5 nitrogen and oxygen atoms in total. The number of nitrogens with two attached hydrogens (primary N) is 1. The van der Waals surface area contributed by atoms with E-state index in [1.54, 1.807) is 6.07 Å². The van der Waals surface area contributed by atoms with Crippen LogP contribution in [0.15, 0.2) is 53.1 Å². The van der Waals surface area contributed by atoms with Gasteiger partial charge in [-0.3, -0.25) is 4.79 Å². The zero-order valence-electron chi connectivity index (χ0n) is 9.69. The van der Waals surface area contributed by atoms with Gasteiger partial charge in [-0.05, 0) is 18.1 Å². The molecule has 0 radical (unpaired) electrons. The van der Waals surface area contributed by atoms with E-state index in [2.05, 4.69) is 4.42 Å². The van der Waals surface area contributed by atoms with Gasteiger partial charge in [-0.15, -0.1) is 0 Å². The van der Waals surface area contributed by atoms with Crippen LogP contribution in [0.25, 0.3) is 0 Å². The van der Waals surface area contributed by atoms with E-state index < -0.39 is 12.0 Å². The van der Waals surface area contributed by atoms with Crippen LogP contribution in [0.3, 0.4) is 0 Å². The van der Waals surface area contributed by atoms with Crippen LogP contribution in [0.2, 0.25) is 0 Å². The summed E-state index contributed by atoms with van der Waals surface area (Å²) in [5, 5.41) is 16.8. The molecule has 0 fully saturated rings. The normalized spacial score (nSPS) is 11.2. The summed E-state index contributed by atoms with van der Waals surface area (Å²) in [5.41, 5.74) is 6.30. The second-order valence-corrected chi connectivity index (χ2v) is 3.59. The van der Waals surface area contributed by atoms with Crippen molar-refractivity contribution in [3.8, 4) is 5.95 Å². The standard InChI is InChI=1S/C9H11NO2.C4H4O2/c10-8(9(11)12)6-7-4-2-1-3-5-7;5-4-2-1-3-6-4/h1-5,8H,6,10H2,(H,11,12);1-3,5H. The van der Waals surface area contributed by atoms with Crippen LogP contribution in [-0.4, -0.2) is 22.2 Å². The third kappa shape index (κ3) is 5.18. The van der Waals surface area contributed by atoms with E-state index in [0.29, 0.717) is 6.42 Å². The molecule has 1 aromatic heterocycles. The minimum atomic E-state index is -0.959. The van der Waals surface area contributed by atoms with Crippen molar-refractivity contribution in [2.24, 2.45) is 5.73 Å². The van der Waals surface area contributed by atoms with Gasteiger partial charge in [-0.2, -0.15) is 0 Å². The van der Waals surface area contributed by atoms with E-state index in [-0.39, 0.29) is 5.95 Å². The van der Waals surface area contributed by atoms with Gasteiger partial charge in [0.05, 0.1) is 6.26 Å². The highest BCUT2D eigenvalue weighted by Crippen LogP contribution is 2.04. The summed E-state index contributed by atoms with van der Waals surface area (Å²) in [5.74, 6) is -0.992. The molecule has 0 saturated carbocycles. The summed E-state index contributed by atoms with van der Waals surface area (Å²) in [7, 11) is 0. The van der Waals surface area contributed by atoms with Crippen LogP contribution < -0.4 is 5.73 Å². The Morgan fingerprint density at radius 1 is 1.22 bits per heavy atom. The molecule has 0 bridgehead atoms. The molecule has 96 valence electrons. The third-order valence-electron chi connectivity index (χ3n) is 2.12. The van der Waals surface area contributed by atoms with Crippen LogP contribution >= 0.6 is 0 Å². The second kappa shape index (κ2) is 7.13. The van der Waals surface area contributed by atoms with E-state index in [1.807, 2.05) is 30.3 Å². The van der Waals surface area contributed by atoms with Gasteiger partial charge in [0, 0.05) is 6.07 Å². The minimum Gasteiger partial charge on any atom is -0.481 e. The molecule has 1 heterocycles. The van der Waals surface area contributed by atoms with Gasteiger partial charge >= 0.3 is 5.97 Å². The summed E-state index contributed by atoms with van der Waals surface area (Å²) in [4.78, 5) is 10.4. The first-order valence-corrected chi connectivity index (χ1v) is 5.34. The molecule has 0 aliphatic rings. The fraction of sp³-hybridized carbons (Fsp3) is 0.154. The van der Waals surface area contributed by atoms with E-state index >= 15 is 0 Å². The number of aliphatic carboxylic acids is 1. The Hall–Kier alpha value is -2.27. The van der Waals surface area contributed by atoms with Crippen molar-refractivity contribution in [1.82, 2.24) is 0 Å². The highest BCUT2D eigenvalue weighted by Gasteiger charge is 2.10. The average molecular weight is 249 g/mol. The van der Waals surface area contributed by atoms with Crippen LogP contribution in [0.5, 0.6) is 5.95 Å². The first-order valence-electron chi connectivity index (χ1n) is 5.34. The Labute approximate surface area is 104 Å². The lowest BCUT2D eigenvalue weighted by atomic mass is 10.1. The van der Waals surface area contributed by atoms with Crippen molar-refractivity contribution in [3.63, 3.8) is 0 Å². The lowest BCUT2D eigenvalue weighted by molar-refractivity contribution is -0.138. The molecule has 1 unspecified atom stereocenters. The lowest BCUT2D eigenvalue weighted by Crippen LogP contribution is -2.32. The quantitative estimate of drug-likeness (QED) is 0.768. The zero-order chi connectivity index (χ0) is 13.4. The Kier molecular flexibility index (Phi) is 5.47. The van der Waals surface area contributed by atoms with Crippen LogP contribution in [-0.2, 0) is 11.2 Å². The molecule has 2 aromatic rings. The summed E-state index contributed by atoms with van der Waals surface area (Å²) in [6.45, 7) is 0. The molecule has 0 aliphatic carbocycles. The van der Waals surface area contributed by atoms with Gasteiger partial charge in [0.1, 0.15) is 6.04 Å². The van der Waals surface area contributed by atoms with E-state index in [4.69, 9.17) is 15.9 Å². The van der Waals surface area contributed by atoms with Crippen molar-refractivity contribution in [2.75, 3.05) is 0 Å². The van der Waals surface area contributed by atoms with Crippen molar-refractivity contribution in [2.45, 2.75) is 12.5 Å². The first-order chi connectivity index (χ1) is 8.59. The largest absolute Gasteiger partial charge is 0.481 e. The Morgan fingerprint density at radius 2 is 1.89 bits per heavy atom. The zero-order valence-corrected chi connectivity index (χ0v) is 9.69. The maximum absolute atomic E-state index is 10.4. The molecule has 2 rings (SSSR count). The number of benzene rings is 1. The highest BCUT2D eigenvalue weighted by atomic mass is 16.5. The Balaban J connectivity index is 0.000000225. The molecule has 0 saturated heterocycles. The molecular weight excluding hydrogens is 234 g/mol. The number of carboxylic acid groups (broad SMARTS) is 1. The maximum atomic E-state index is 10.4. The number of furan rings is 1. The van der Waals surface area contributed by atoms with Crippen LogP contribution in [0.1, 0.15) is 5.56 Å². The molecule has 0 spiro atoms. The predicted molar refractivity (Wildman–Crippen MR) is 66.1 cm³/mol. The summed E-state index contributed by atoms with van der Waals surface area (Å²) in [6, 6.07) is 11.6. The van der Waals surface area contributed by atoms with E-state index in [0.717, 1.165) is 5.56 Å². The number of carbonyl (C=O) groups is 1. The third-order valence-corrected chi connectivity index (χ3v) is 2.12. The fourth-order valence-electron chi connectivity index (χ4n) is 1.23. The van der Waals surface area contributed by atoms with Crippen LogP contribution in [0, 0.1) is 0 Å². The number of rotatable bonds is 3. The predicted octanol–water partition coefficient (Wildman–Crippen LogP) is 1.63. The lowest BCUT2D eigenvalue weighted by Gasteiger charge is -2.04. The molecule has 1 aromatic carbocycles. The topological polar surface area (TPSA) is 96.7 Å². The van der Waals surface area contributed by atoms with Crippen molar-refractivity contribution in [3.05, 3.63) is 54.3 Å². The van der Waals surface area contributed by atoms with Gasteiger partial charge in [-0.1, -0.05) is 30.3 Å². The van der Waals surface area contributed by atoms with Crippen LogP contribution in [0.4, 0.5) is 0 Å². The number of hydrogen-bond donors (Lipinski definition) is 3. The molecule has 18 heavy (non-hydrogen) atoms. The molecular formula is C13H15NO4. The average Bonchev–Trinajstić information content (AvgIpc) is 2.82. The minimum absolute atomic E-state index is 0.0324. The molecule has 0 amide bonds. The molecule has 4 N–H and O–H groups in total. The second-order valence-electron chi connectivity index (χ2n) is 3.59.